The topological polar surface area (TPSA) is 69.0 Å². The first kappa shape index (κ1) is 20.8. The summed E-state index contributed by atoms with van der Waals surface area (Å²) in [6.45, 7) is 3.22. The molecular weight excluding hydrogens is 418 g/mol. The maximum Gasteiger partial charge on any atom is 0.338 e. The van der Waals surface area contributed by atoms with Crippen LogP contribution in [-0.2, 0) is 11.3 Å². The van der Waals surface area contributed by atoms with Crippen LogP contribution in [0.4, 0.5) is 5.69 Å². The van der Waals surface area contributed by atoms with E-state index < -0.39 is 5.63 Å². The first-order chi connectivity index (χ1) is 16.1. The van der Waals surface area contributed by atoms with Crippen LogP contribution >= 0.6 is 0 Å². The van der Waals surface area contributed by atoms with Crippen LogP contribution in [0.3, 0.4) is 0 Å². The van der Waals surface area contributed by atoms with Gasteiger partial charge in [-0.25, -0.2) is 9.59 Å². The van der Waals surface area contributed by atoms with Crippen molar-refractivity contribution < 1.29 is 18.7 Å². The van der Waals surface area contributed by atoms with Crippen molar-refractivity contribution in [2.45, 2.75) is 19.9 Å². The van der Waals surface area contributed by atoms with E-state index in [1.54, 1.807) is 12.1 Å². The molecule has 166 valence electrons. The summed E-state index contributed by atoms with van der Waals surface area (Å²) in [7, 11) is 0. The largest absolute Gasteiger partial charge is 0.473 e. The van der Waals surface area contributed by atoms with Gasteiger partial charge in [-0.05, 0) is 53.9 Å². The zero-order valence-electron chi connectivity index (χ0n) is 18.2. The number of benzene rings is 3. The number of fused-ring (bicyclic) bond motifs is 3. The van der Waals surface area contributed by atoms with Gasteiger partial charge in [0.1, 0.15) is 11.3 Å². The van der Waals surface area contributed by atoms with E-state index in [4.69, 9.17) is 13.9 Å². The zero-order valence-corrected chi connectivity index (χ0v) is 18.2. The summed E-state index contributed by atoms with van der Waals surface area (Å²) in [5.41, 5.74) is 4.14. The summed E-state index contributed by atoms with van der Waals surface area (Å²) in [6.07, 6.45) is 0.782. The molecular formula is C27H23NO5. The minimum absolute atomic E-state index is 0.329. The number of carbonyl (C=O) groups excluding carboxylic acids is 1. The fraction of sp³-hybridized carbons (Fsp3) is 0.185. The van der Waals surface area contributed by atoms with Crippen LogP contribution in [0.15, 0.2) is 82.0 Å². The van der Waals surface area contributed by atoms with Crippen molar-refractivity contribution in [2.75, 3.05) is 18.2 Å². The summed E-state index contributed by atoms with van der Waals surface area (Å²) >= 11 is 0. The summed E-state index contributed by atoms with van der Waals surface area (Å²) in [5.74, 6) is 0.372. The highest BCUT2D eigenvalue weighted by Gasteiger charge is 2.23. The molecule has 0 radical (unpaired) electrons. The molecule has 0 spiro atoms. The molecule has 0 fully saturated rings. The molecule has 0 unspecified atom stereocenters. The van der Waals surface area contributed by atoms with Gasteiger partial charge in [0.25, 0.3) is 0 Å². The third kappa shape index (κ3) is 4.07. The molecule has 0 bridgehead atoms. The van der Waals surface area contributed by atoms with Gasteiger partial charge in [0.05, 0.1) is 24.3 Å². The number of esters is 1. The number of ether oxygens (including phenoxy) is 2. The lowest BCUT2D eigenvalue weighted by Gasteiger charge is -2.31. The van der Waals surface area contributed by atoms with Gasteiger partial charge in [-0.15, -0.1) is 0 Å². The van der Waals surface area contributed by atoms with Crippen LogP contribution in [0.1, 0.15) is 29.3 Å². The minimum atomic E-state index is -0.401. The molecule has 3 aromatic carbocycles. The lowest BCUT2D eigenvalue weighted by Crippen LogP contribution is -2.32. The number of anilines is 1. The number of hydrogen-bond acceptors (Lipinski definition) is 6. The lowest BCUT2D eigenvalue weighted by atomic mass is 9.99. The third-order valence-electron chi connectivity index (χ3n) is 5.69. The normalized spacial score (nSPS) is 12.8. The summed E-state index contributed by atoms with van der Waals surface area (Å²) in [5, 5.41) is 0.860. The predicted molar refractivity (Wildman–Crippen MR) is 127 cm³/mol. The number of hydrogen-bond donors (Lipinski definition) is 0. The average Bonchev–Trinajstić information content (AvgIpc) is 2.87. The van der Waals surface area contributed by atoms with Crippen LogP contribution in [0.25, 0.3) is 22.1 Å². The molecule has 1 aromatic heterocycles. The van der Waals surface area contributed by atoms with Gasteiger partial charge in [0.15, 0.2) is 6.73 Å². The second kappa shape index (κ2) is 8.82. The maximum atomic E-state index is 12.4. The van der Waals surface area contributed by atoms with Crippen molar-refractivity contribution >= 4 is 22.6 Å². The van der Waals surface area contributed by atoms with Crippen LogP contribution < -0.4 is 15.3 Å². The smallest absolute Gasteiger partial charge is 0.338 e. The zero-order chi connectivity index (χ0) is 22.8. The Bertz CT molecular complexity index is 1360. The van der Waals surface area contributed by atoms with E-state index in [1.165, 1.54) is 6.07 Å². The van der Waals surface area contributed by atoms with Crippen LogP contribution in [-0.4, -0.2) is 19.3 Å². The highest BCUT2D eigenvalue weighted by molar-refractivity contribution is 5.96. The lowest BCUT2D eigenvalue weighted by molar-refractivity contribution is 0.0505. The summed E-state index contributed by atoms with van der Waals surface area (Å²) < 4.78 is 16.9. The van der Waals surface area contributed by atoms with Crippen LogP contribution in [0.2, 0.25) is 0 Å². The SMILES string of the molecule is CCCOC(=O)c1ccc(N2COc3ccc4c(-c5ccccc5)cc(=O)oc4c3C2)cc1. The van der Waals surface area contributed by atoms with Gasteiger partial charge >= 0.3 is 11.6 Å². The second-order valence-electron chi connectivity index (χ2n) is 7.92. The summed E-state index contributed by atoms with van der Waals surface area (Å²) in [4.78, 5) is 26.5. The van der Waals surface area contributed by atoms with Gasteiger partial charge in [0, 0.05) is 17.1 Å². The fourth-order valence-corrected chi connectivity index (χ4v) is 4.04. The average molecular weight is 441 g/mol. The van der Waals surface area contributed by atoms with Gasteiger partial charge in [-0.2, -0.15) is 0 Å². The van der Waals surface area contributed by atoms with Gasteiger partial charge < -0.3 is 18.8 Å². The molecule has 0 N–H and O–H groups in total. The Labute approximate surface area is 191 Å². The van der Waals surface area contributed by atoms with E-state index in [1.807, 2.05) is 66.4 Å². The standard InChI is InChI=1S/C27H23NO5/c1-2-14-31-27(30)19-8-10-20(11-9-19)28-16-23-24(32-17-28)13-12-21-22(15-25(29)33-26(21)23)18-6-4-3-5-7-18/h3-13,15H,2,14,16-17H2,1H3. The molecule has 4 aromatic rings. The minimum Gasteiger partial charge on any atom is -0.473 e. The molecule has 0 amide bonds. The Kier molecular flexibility index (Phi) is 5.57. The van der Waals surface area contributed by atoms with Gasteiger partial charge in [0.2, 0.25) is 0 Å². The van der Waals surface area contributed by atoms with Crippen molar-refractivity contribution in [1.82, 2.24) is 0 Å². The molecule has 0 atom stereocenters. The van der Waals surface area contributed by atoms with E-state index in [2.05, 4.69) is 0 Å². The molecule has 2 heterocycles. The van der Waals surface area contributed by atoms with E-state index in [0.29, 0.717) is 36.8 Å². The number of nitrogens with zero attached hydrogens (tertiary/aromatic N) is 1. The third-order valence-corrected chi connectivity index (χ3v) is 5.69. The Morgan fingerprint density at radius 1 is 1.03 bits per heavy atom. The number of carbonyl (C=O) groups is 1. The van der Waals surface area contributed by atoms with Crippen LogP contribution in [0, 0.1) is 0 Å². The van der Waals surface area contributed by atoms with Gasteiger partial charge in [-0.1, -0.05) is 37.3 Å². The Morgan fingerprint density at radius 2 is 1.82 bits per heavy atom. The van der Waals surface area contributed by atoms with Crippen molar-refractivity contribution in [3.63, 3.8) is 0 Å². The fourth-order valence-electron chi connectivity index (χ4n) is 4.04. The molecule has 1 aliphatic rings. The van der Waals surface area contributed by atoms with E-state index in [0.717, 1.165) is 34.2 Å². The molecule has 5 rings (SSSR count). The van der Waals surface area contributed by atoms with Crippen molar-refractivity contribution in [3.8, 4) is 16.9 Å². The molecule has 0 saturated carbocycles. The Balaban J connectivity index is 1.49. The predicted octanol–water partition coefficient (Wildman–Crippen LogP) is 5.38. The molecule has 1 aliphatic heterocycles. The molecule has 33 heavy (non-hydrogen) atoms. The van der Waals surface area contributed by atoms with Crippen molar-refractivity contribution in [3.05, 3.63) is 94.3 Å². The van der Waals surface area contributed by atoms with E-state index in [-0.39, 0.29) is 5.97 Å². The van der Waals surface area contributed by atoms with E-state index in [9.17, 15) is 9.59 Å². The first-order valence-corrected chi connectivity index (χ1v) is 10.9. The summed E-state index contributed by atoms with van der Waals surface area (Å²) in [6, 6.07) is 22.4. The van der Waals surface area contributed by atoms with Crippen molar-refractivity contribution in [2.24, 2.45) is 0 Å². The quantitative estimate of drug-likeness (QED) is 0.306. The monoisotopic (exact) mass is 441 g/mol. The van der Waals surface area contributed by atoms with Crippen molar-refractivity contribution in [1.29, 1.82) is 0 Å². The highest BCUT2D eigenvalue weighted by atomic mass is 16.5. The highest BCUT2D eigenvalue weighted by Crippen LogP contribution is 2.37. The molecule has 0 saturated heterocycles. The van der Waals surface area contributed by atoms with Crippen LogP contribution in [0.5, 0.6) is 5.75 Å². The first-order valence-electron chi connectivity index (χ1n) is 10.9. The number of rotatable bonds is 5. The maximum absolute atomic E-state index is 12.4. The molecule has 6 nitrogen and oxygen atoms in total. The Hall–Kier alpha value is -4.06. The molecule has 0 aliphatic carbocycles. The van der Waals surface area contributed by atoms with E-state index >= 15 is 0 Å². The second-order valence-corrected chi connectivity index (χ2v) is 7.92. The molecule has 6 heteroatoms. The van der Waals surface area contributed by atoms with Gasteiger partial charge in [-0.3, -0.25) is 0 Å². The Morgan fingerprint density at radius 3 is 2.58 bits per heavy atom.